The van der Waals surface area contributed by atoms with E-state index < -0.39 is 0 Å². The zero-order chi connectivity index (χ0) is 14.5. The third kappa shape index (κ3) is 3.98. The summed E-state index contributed by atoms with van der Waals surface area (Å²) in [6, 6.07) is 11.7. The van der Waals surface area contributed by atoms with Gasteiger partial charge in [0.1, 0.15) is 11.5 Å². The minimum absolute atomic E-state index is 0.716. The molecule has 1 N–H and O–H groups in total. The molecule has 0 unspecified atom stereocenters. The lowest BCUT2D eigenvalue weighted by Crippen LogP contribution is -2.12. The Kier molecular flexibility index (Phi) is 5.46. The predicted molar refractivity (Wildman–Crippen MR) is 87.8 cm³/mol. The summed E-state index contributed by atoms with van der Waals surface area (Å²) in [7, 11) is 0. The van der Waals surface area contributed by atoms with Crippen molar-refractivity contribution in [2.24, 2.45) is 0 Å². The molecule has 0 aliphatic rings. The van der Waals surface area contributed by atoms with Gasteiger partial charge < -0.3 is 10.1 Å². The molecule has 0 radical (unpaired) electrons. The van der Waals surface area contributed by atoms with Crippen molar-refractivity contribution in [2.75, 3.05) is 6.54 Å². The fourth-order valence-corrected chi connectivity index (χ4v) is 2.62. The van der Waals surface area contributed by atoms with Crippen LogP contribution in [-0.2, 0) is 6.54 Å². The van der Waals surface area contributed by atoms with Crippen molar-refractivity contribution in [1.29, 1.82) is 0 Å². The maximum atomic E-state index is 6.06. The molecule has 0 heterocycles. The van der Waals surface area contributed by atoms with E-state index >= 15 is 0 Å². The van der Waals surface area contributed by atoms with Crippen LogP contribution in [0.5, 0.6) is 11.5 Å². The van der Waals surface area contributed by atoms with Gasteiger partial charge >= 0.3 is 0 Å². The summed E-state index contributed by atoms with van der Waals surface area (Å²) in [5.41, 5.74) is 2.24. The van der Waals surface area contributed by atoms with E-state index in [4.69, 9.17) is 16.3 Å². The van der Waals surface area contributed by atoms with Crippen LogP contribution in [-0.4, -0.2) is 6.54 Å². The maximum absolute atomic E-state index is 6.06. The fraction of sp³-hybridized carbons (Fsp3) is 0.250. The summed E-state index contributed by atoms with van der Waals surface area (Å²) >= 11 is 9.59. The number of ether oxygens (including phenoxy) is 1. The molecule has 2 rings (SSSR count). The first-order valence-electron chi connectivity index (χ1n) is 6.53. The standard InChI is InChI=1S/C16H17BrClNO/c1-3-19-10-12-9-13(18)5-7-15(12)20-16-6-4-11(2)8-14(16)17/h4-9,19H,3,10H2,1-2H3. The number of nitrogens with one attached hydrogen (secondary N) is 1. The Morgan fingerprint density at radius 2 is 1.90 bits per heavy atom. The molecule has 2 nitrogen and oxygen atoms in total. The van der Waals surface area contributed by atoms with Crippen molar-refractivity contribution in [3.63, 3.8) is 0 Å². The van der Waals surface area contributed by atoms with Crippen molar-refractivity contribution in [3.8, 4) is 11.5 Å². The molecule has 2 aromatic carbocycles. The molecule has 0 atom stereocenters. The highest BCUT2D eigenvalue weighted by Gasteiger charge is 2.08. The van der Waals surface area contributed by atoms with Crippen molar-refractivity contribution < 1.29 is 4.74 Å². The number of hydrogen-bond donors (Lipinski definition) is 1. The Hall–Kier alpha value is -1.03. The van der Waals surface area contributed by atoms with Gasteiger partial charge in [-0.1, -0.05) is 24.6 Å². The molecule has 0 bridgehead atoms. The zero-order valence-corrected chi connectivity index (χ0v) is 13.9. The first kappa shape index (κ1) is 15.4. The van der Waals surface area contributed by atoms with Gasteiger partial charge in [-0.05, 0) is 65.3 Å². The van der Waals surface area contributed by atoms with Gasteiger partial charge in [0, 0.05) is 17.1 Å². The first-order valence-corrected chi connectivity index (χ1v) is 7.70. The molecule has 0 fully saturated rings. The van der Waals surface area contributed by atoms with E-state index in [1.807, 2.05) is 43.3 Å². The molecule has 20 heavy (non-hydrogen) atoms. The fourth-order valence-electron chi connectivity index (χ4n) is 1.85. The van der Waals surface area contributed by atoms with Crippen LogP contribution in [0.25, 0.3) is 0 Å². The van der Waals surface area contributed by atoms with Crippen LogP contribution in [0.1, 0.15) is 18.1 Å². The van der Waals surface area contributed by atoms with Crippen LogP contribution in [0.3, 0.4) is 0 Å². The highest BCUT2D eigenvalue weighted by atomic mass is 79.9. The average molecular weight is 355 g/mol. The monoisotopic (exact) mass is 353 g/mol. The lowest BCUT2D eigenvalue weighted by Gasteiger charge is -2.13. The molecule has 0 saturated heterocycles. The van der Waals surface area contributed by atoms with Gasteiger partial charge in [0.2, 0.25) is 0 Å². The van der Waals surface area contributed by atoms with E-state index in [1.54, 1.807) is 0 Å². The van der Waals surface area contributed by atoms with Crippen molar-refractivity contribution in [3.05, 3.63) is 57.0 Å². The second kappa shape index (κ2) is 7.11. The van der Waals surface area contributed by atoms with E-state index in [9.17, 15) is 0 Å². The first-order chi connectivity index (χ1) is 9.60. The van der Waals surface area contributed by atoms with Gasteiger partial charge in [0.15, 0.2) is 0 Å². The average Bonchev–Trinajstić information content (AvgIpc) is 2.41. The number of halogens is 2. The number of aryl methyl sites for hydroxylation is 1. The van der Waals surface area contributed by atoms with Crippen molar-refractivity contribution in [1.82, 2.24) is 5.32 Å². The van der Waals surface area contributed by atoms with E-state index in [-0.39, 0.29) is 0 Å². The topological polar surface area (TPSA) is 21.3 Å². The summed E-state index contributed by atoms with van der Waals surface area (Å²) in [6.45, 7) is 5.76. The summed E-state index contributed by atoms with van der Waals surface area (Å²) in [6.07, 6.45) is 0. The molecule has 0 aliphatic carbocycles. The molecule has 0 aromatic heterocycles. The third-order valence-electron chi connectivity index (χ3n) is 2.90. The normalized spacial score (nSPS) is 10.6. The van der Waals surface area contributed by atoms with Crippen LogP contribution in [0.15, 0.2) is 40.9 Å². The summed E-state index contributed by atoms with van der Waals surface area (Å²) in [4.78, 5) is 0. The van der Waals surface area contributed by atoms with Gasteiger partial charge in [-0.15, -0.1) is 0 Å². The van der Waals surface area contributed by atoms with Gasteiger partial charge in [0.25, 0.3) is 0 Å². The van der Waals surface area contributed by atoms with E-state index in [2.05, 4.69) is 28.2 Å². The van der Waals surface area contributed by atoms with Gasteiger partial charge in [-0.2, -0.15) is 0 Å². The summed E-state index contributed by atoms with van der Waals surface area (Å²) in [5.74, 6) is 1.62. The molecule has 106 valence electrons. The van der Waals surface area contributed by atoms with Crippen LogP contribution in [0, 0.1) is 6.92 Å². The van der Waals surface area contributed by atoms with E-state index in [0.717, 1.165) is 34.6 Å². The Morgan fingerprint density at radius 3 is 2.60 bits per heavy atom. The predicted octanol–water partition coefficient (Wildman–Crippen LogP) is 5.31. The van der Waals surface area contributed by atoms with Gasteiger partial charge in [-0.25, -0.2) is 0 Å². The van der Waals surface area contributed by atoms with Crippen LogP contribution >= 0.6 is 27.5 Å². The van der Waals surface area contributed by atoms with Gasteiger partial charge in [0.05, 0.1) is 4.47 Å². The quantitative estimate of drug-likeness (QED) is 0.785. The van der Waals surface area contributed by atoms with Crippen molar-refractivity contribution in [2.45, 2.75) is 20.4 Å². The molecule has 2 aromatic rings. The molecule has 0 aliphatic heterocycles. The Labute approximate surface area is 133 Å². The van der Waals surface area contributed by atoms with E-state index in [0.29, 0.717) is 5.02 Å². The molecular weight excluding hydrogens is 338 g/mol. The summed E-state index contributed by atoms with van der Waals surface area (Å²) < 4.78 is 6.95. The molecule has 0 spiro atoms. The van der Waals surface area contributed by atoms with Crippen LogP contribution in [0.2, 0.25) is 5.02 Å². The zero-order valence-electron chi connectivity index (χ0n) is 11.5. The molecular formula is C16H17BrClNO. The smallest absolute Gasteiger partial charge is 0.141 e. The van der Waals surface area contributed by atoms with E-state index in [1.165, 1.54) is 5.56 Å². The highest BCUT2D eigenvalue weighted by Crippen LogP contribution is 2.33. The molecule has 4 heteroatoms. The van der Waals surface area contributed by atoms with Crippen LogP contribution in [0.4, 0.5) is 0 Å². The highest BCUT2D eigenvalue weighted by molar-refractivity contribution is 9.10. The van der Waals surface area contributed by atoms with Crippen LogP contribution < -0.4 is 10.1 Å². The minimum atomic E-state index is 0.716. The second-order valence-corrected chi connectivity index (χ2v) is 5.86. The summed E-state index contributed by atoms with van der Waals surface area (Å²) in [5, 5.41) is 4.01. The largest absolute Gasteiger partial charge is 0.456 e. The maximum Gasteiger partial charge on any atom is 0.141 e. The molecule has 0 amide bonds. The minimum Gasteiger partial charge on any atom is -0.456 e. The molecule has 0 saturated carbocycles. The number of benzene rings is 2. The van der Waals surface area contributed by atoms with Gasteiger partial charge in [-0.3, -0.25) is 0 Å². The Bertz CT molecular complexity index is 601. The Morgan fingerprint density at radius 1 is 1.15 bits per heavy atom. The van der Waals surface area contributed by atoms with Crippen molar-refractivity contribution >= 4 is 27.5 Å². The second-order valence-electron chi connectivity index (χ2n) is 4.57. The Balaban J connectivity index is 2.27. The lowest BCUT2D eigenvalue weighted by molar-refractivity contribution is 0.470. The number of hydrogen-bond acceptors (Lipinski definition) is 2. The SMILES string of the molecule is CCNCc1cc(Cl)ccc1Oc1ccc(C)cc1Br. The number of rotatable bonds is 5. The lowest BCUT2D eigenvalue weighted by atomic mass is 10.2. The third-order valence-corrected chi connectivity index (χ3v) is 3.75.